The van der Waals surface area contributed by atoms with Crippen molar-refractivity contribution in [3.8, 4) is 22.6 Å². The van der Waals surface area contributed by atoms with E-state index in [9.17, 15) is 4.79 Å². The quantitative estimate of drug-likeness (QED) is 0.569. The highest BCUT2D eigenvalue weighted by Gasteiger charge is 2.44. The molecule has 0 unspecified atom stereocenters. The van der Waals surface area contributed by atoms with Gasteiger partial charge in [-0.3, -0.25) is 14.7 Å². The molecular formula is C27H31N3O3. The van der Waals surface area contributed by atoms with Crippen LogP contribution < -0.4 is 14.8 Å². The molecule has 6 heteroatoms. The lowest BCUT2D eigenvalue weighted by Gasteiger charge is -2.28. The van der Waals surface area contributed by atoms with Gasteiger partial charge in [0.1, 0.15) is 11.5 Å². The molecule has 1 aliphatic heterocycles. The van der Waals surface area contributed by atoms with Gasteiger partial charge in [0.05, 0.1) is 19.6 Å². The van der Waals surface area contributed by atoms with Crippen LogP contribution >= 0.6 is 0 Å². The van der Waals surface area contributed by atoms with Crippen LogP contribution in [0.3, 0.4) is 0 Å². The smallest absolute Gasteiger partial charge is 0.227 e. The summed E-state index contributed by atoms with van der Waals surface area (Å²) in [4.78, 5) is 19.5. The Morgan fingerprint density at radius 2 is 1.76 bits per heavy atom. The number of methoxy groups -OCH3 is 2. The highest BCUT2D eigenvalue weighted by molar-refractivity contribution is 5.83. The first-order valence-electron chi connectivity index (χ1n) is 11.2. The van der Waals surface area contributed by atoms with Gasteiger partial charge >= 0.3 is 0 Å². The monoisotopic (exact) mass is 445 g/mol. The van der Waals surface area contributed by atoms with E-state index in [1.165, 1.54) is 5.56 Å². The van der Waals surface area contributed by atoms with Gasteiger partial charge in [-0.15, -0.1) is 0 Å². The number of ether oxygens (including phenoxy) is 2. The Bertz CT molecular complexity index is 1090. The van der Waals surface area contributed by atoms with Crippen molar-refractivity contribution in [3.63, 3.8) is 0 Å². The fourth-order valence-corrected chi connectivity index (χ4v) is 4.74. The summed E-state index contributed by atoms with van der Waals surface area (Å²) in [7, 11) is 5.05. The minimum Gasteiger partial charge on any atom is -0.497 e. The molecule has 0 saturated carbocycles. The van der Waals surface area contributed by atoms with Crippen LogP contribution in [0, 0.1) is 5.41 Å². The number of nitrogens with one attached hydrogen (secondary N) is 1. The van der Waals surface area contributed by atoms with Crippen molar-refractivity contribution in [2.75, 3.05) is 34.4 Å². The molecule has 1 amide bonds. The predicted molar refractivity (Wildman–Crippen MR) is 129 cm³/mol. The number of carbonyl (C=O) groups excluding carboxylic acids is 1. The van der Waals surface area contributed by atoms with Crippen molar-refractivity contribution >= 4 is 5.91 Å². The summed E-state index contributed by atoms with van der Waals surface area (Å²) in [5.41, 5.74) is 4.09. The molecule has 1 aliphatic rings. The summed E-state index contributed by atoms with van der Waals surface area (Å²) in [6.45, 7) is 2.29. The summed E-state index contributed by atoms with van der Waals surface area (Å²) >= 11 is 0. The van der Waals surface area contributed by atoms with Gasteiger partial charge in [0.2, 0.25) is 5.91 Å². The van der Waals surface area contributed by atoms with Crippen LogP contribution in [0.25, 0.3) is 11.1 Å². The zero-order chi connectivity index (χ0) is 23.3. The van der Waals surface area contributed by atoms with Gasteiger partial charge in [-0.1, -0.05) is 30.3 Å². The highest BCUT2D eigenvalue weighted by Crippen LogP contribution is 2.37. The summed E-state index contributed by atoms with van der Waals surface area (Å²) in [6.07, 6.45) is 5.13. The average molecular weight is 446 g/mol. The Morgan fingerprint density at radius 3 is 2.42 bits per heavy atom. The molecule has 172 valence electrons. The minimum absolute atomic E-state index is 0.102. The van der Waals surface area contributed by atoms with E-state index in [2.05, 4.69) is 39.5 Å². The maximum atomic E-state index is 13.0. The number of amides is 1. The molecule has 0 bridgehead atoms. The molecule has 33 heavy (non-hydrogen) atoms. The van der Waals surface area contributed by atoms with Crippen LogP contribution in [0.4, 0.5) is 0 Å². The first-order valence-corrected chi connectivity index (χ1v) is 11.2. The second-order valence-electron chi connectivity index (χ2n) is 8.61. The molecule has 6 nitrogen and oxygen atoms in total. The van der Waals surface area contributed by atoms with Crippen molar-refractivity contribution in [1.29, 1.82) is 0 Å². The van der Waals surface area contributed by atoms with Crippen molar-refractivity contribution in [2.24, 2.45) is 5.41 Å². The standard InChI is InChI=1S/C27H31N3O3/c1-28-26(31)27(17-20-4-6-21(7-5-20)22-10-13-29-14-11-22)12-15-30(19-27)18-23-8-9-24(32-2)16-25(23)33-3/h4-11,13-14,16H,12,15,17-19H2,1-3H3,(H,28,31)/t27-/m0/s1. The number of rotatable bonds is 8. The highest BCUT2D eigenvalue weighted by atomic mass is 16.5. The summed E-state index contributed by atoms with van der Waals surface area (Å²) < 4.78 is 10.9. The molecule has 4 rings (SSSR count). The van der Waals surface area contributed by atoms with E-state index in [4.69, 9.17) is 9.47 Å². The molecule has 0 aliphatic carbocycles. The number of likely N-dealkylation sites (tertiary alicyclic amines) is 1. The molecule has 0 radical (unpaired) electrons. The van der Waals surface area contributed by atoms with Gasteiger partial charge < -0.3 is 14.8 Å². The van der Waals surface area contributed by atoms with Crippen LogP contribution in [-0.4, -0.2) is 50.1 Å². The van der Waals surface area contributed by atoms with Crippen molar-refractivity contribution in [2.45, 2.75) is 19.4 Å². The number of carbonyl (C=O) groups is 1. The fraction of sp³-hybridized carbons (Fsp3) is 0.333. The lowest BCUT2D eigenvalue weighted by Crippen LogP contribution is -2.43. The first kappa shape index (κ1) is 22.8. The zero-order valence-corrected chi connectivity index (χ0v) is 19.5. The predicted octanol–water partition coefficient (Wildman–Crippen LogP) is 3.95. The fourth-order valence-electron chi connectivity index (χ4n) is 4.74. The van der Waals surface area contributed by atoms with E-state index in [1.54, 1.807) is 33.7 Å². The molecule has 3 aromatic rings. The maximum absolute atomic E-state index is 13.0. The molecule has 1 saturated heterocycles. The van der Waals surface area contributed by atoms with Crippen molar-refractivity contribution in [1.82, 2.24) is 15.2 Å². The first-order chi connectivity index (χ1) is 16.1. The van der Waals surface area contributed by atoms with Gasteiger partial charge in [-0.2, -0.15) is 0 Å². The van der Waals surface area contributed by atoms with Crippen LogP contribution in [0.2, 0.25) is 0 Å². The van der Waals surface area contributed by atoms with E-state index in [0.29, 0.717) is 13.0 Å². The lowest BCUT2D eigenvalue weighted by atomic mass is 9.79. The van der Waals surface area contributed by atoms with E-state index >= 15 is 0 Å². The van der Waals surface area contributed by atoms with Gasteiger partial charge in [0.25, 0.3) is 0 Å². The third-order valence-corrected chi connectivity index (χ3v) is 6.54. The zero-order valence-electron chi connectivity index (χ0n) is 19.5. The van der Waals surface area contributed by atoms with Crippen LogP contribution in [0.1, 0.15) is 17.5 Å². The van der Waals surface area contributed by atoms with Crippen molar-refractivity contribution < 1.29 is 14.3 Å². The Morgan fingerprint density at radius 1 is 1.03 bits per heavy atom. The summed E-state index contributed by atoms with van der Waals surface area (Å²) in [5, 5.41) is 2.91. The Hall–Kier alpha value is -3.38. The number of aromatic nitrogens is 1. The number of hydrogen-bond donors (Lipinski definition) is 1. The SMILES string of the molecule is CNC(=O)[C@]1(Cc2ccc(-c3ccncc3)cc2)CCN(Cc2ccc(OC)cc2OC)C1. The van der Waals surface area contributed by atoms with Gasteiger partial charge in [0, 0.05) is 44.2 Å². The van der Waals surface area contributed by atoms with Gasteiger partial charge in [-0.05, 0) is 54.3 Å². The number of pyridine rings is 1. The molecular weight excluding hydrogens is 414 g/mol. The molecule has 1 atom stereocenters. The third-order valence-electron chi connectivity index (χ3n) is 6.54. The molecule has 2 aromatic carbocycles. The van der Waals surface area contributed by atoms with E-state index in [1.807, 2.05) is 30.3 Å². The van der Waals surface area contributed by atoms with Crippen LogP contribution in [-0.2, 0) is 17.8 Å². The van der Waals surface area contributed by atoms with E-state index < -0.39 is 5.41 Å². The van der Waals surface area contributed by atoms with Gasteiger partial charge in [-0.25, -0.2) is 0 Å². The summed E-state index contributed by atoms with van der Waals surface area (Å²) in [6, 6.07) is 18.4. The number of hydrogen-bond acceptors (Lipinski definition) is 5. The Balaban J connectivity index is 1.50. The maximum Gasteiger partial charge on any atom is 0.227 e. The molecule has 1 N–H and O–H groups in total. The largest absolute Gasteiger partial charge is 0.497 e. The summed E-state index contributed by atoms with van der Waals surface area (Å²) in [5.74, 6) is 1.68. The average Bonchev–Trinajstić information content (AvgIpc) is 3.28. The Labute approximate surface area is 195 Å². The van der Waals surface area contributed by atoms with E-state index in [-0.39, 0.29) is 5.91 Å². The second kappa shape index (κ2) is 10.0. The van der Waals surface area contributed by atoms with Gasteiger partial charge in [0.15, 0.2) is 0 Å². The lowest BCUT2D eigenvalue weighted by molar-refractivity contribution is -0.130. The van der Waals surface area contributed by atoms with Crippen molar-refractivity contribution in [3.05, 3.63) is 78.1 Å². The molecule has 0 spiro atoms. The number of benzene rings is 2. The van der Waals surface area contributed by atoms with E-state index in [0.717, 1.165) is 47.7 Å². The second-order valence-corrected chi connectivity index (χ2v) is 8.61. The number of nitrogens with zero attached hydrogens (tertiary/aromatic N) is 2. The third kappa shape index (κ3) is 5.01. The molecule has 1 aromatic heterocycles. The Kier molecular flexibility index (Phi) is 6.94. The molecule has 1 fully saturated rings. The van der Waals surface area contributed by atoms with Crippen LogP contribution in [0.5, 0.6) is 11.5 Å². The van der Waals surface area contributed by atoms with Crippen LogP contribution in [0.15, 0.2) is 67.0 Å². The molecule has 2 heterocycles. The normalized spacial score (nSPS) is 18.2. The minimum atomic E-state index is -0.452. The topological polar surface area (TPSA) is 63.7 Å².